The molecule has 1 amide bonds. The summed E-state index contributed by atoms with van der Waals surface area (Å²) in [6, 6.07) is 14.9. The van der Waals surface area contributed by atoms with E-state index in [9.17, 15) is 13.2 Å². The minimum atomic E-state index is -3.78. The van der Waals surface area contributed by atoms with Crippen molar-refractivity contribution in [2.45, 2.75) is 31.6 Å². The lowest BCUT2D eigenvalue weighted by Gasteiger charge is -2.34. The standard InChI is InChI=1S/C26H32N2O4S/c1-19-15-20(2)18-28(17-19)33(30,31)25-16-23(9-10-24(25)32-3)26(29)27-13-11-22(12-14-27)21-7-5-4-6-8-21/h4-11,16,19-20H,12-15,17-18H2,1-3H3. The van der Waals surface area contributed by atoms with Gasteiger partial charge in [-0.15, -0.1) is 0 Å². The minimum absolute atomic E-state index is 0.0645. The van der Waals surface area contributed by atoms with Crippen LogP contribution in [0.4, 0.5) is 0 Å². The number of nitrogens with zero attached hydrogens (tertiary/aromatic N) is 2. The van der Waals surface area contributed by atoms with E-state index in [0.29, 0.717) is 43.6 Å². The third kappa shape index (κ3) is 4.99. The first-order valence-electron chi connectivity index (χ1n) is 11.5. The van der Waals surface area contributed by atoms with Crippen LogP contribution in [0.15, 0.2) is 59.5 Å². The summed E-state index contributed by atoms with van der Waals surface area (Å²) >= 11 is 0. The molecule has 0 bridgehead atoms. The van der Waals surface area contributed by atoms with Gasteiger partial charge in [0.15, 0.2) is 0 Å². The van der Waals surface area contributed by atoms with Gasteiger partial charge in [0.2, 0.25) is 10.0 Å². The molecule has 1 fully saturated rings. The van der Waals surface area contributed by atoms with Crippen molar-refractivity contribution >= 4 is 21.5 Å². The van der Waals surface area contributed by atoms with Gasteiger partial charge < -0.3 is 9.64 Å². The second kappa shape index (κ2) is 9.69. The van der Waals surface area contributed by atoms with Gasteiger partial charge in [-0.25, -0.2) is 8.42 Å². The van der Waals surface area contributed by atoms with Crippen molar-refractivity contribution < 1.29 is 17.9 Å². The predicted molar refractivity (Wildman–Crippen MR) is 130 cm³/mol. The van der Waals surface area contributed by atoms with Crippen LogP contribution >= 0.6 is 0 Å². The van der Waals surface area contributed by atoms with E-state index < -0.39 is 10.0 Å². The Balaban J connectivity index is 1.58. The molecule has 2 aromatic rings. The lowest BCUT2D eigenvalue weighted by Crippen LogP contribution is -2.42. The Morgan fingerprint density at radius 2 is 1.73 bits per heavy atom. The van der Waals surface area contributed by atoms with Gasteiger partial charge in [0, 0.05) is 31.7 Å². The zero-order chi connectivity index (χ0) is 23.6. The normalized spacial score (nSPS) is 22.0. The molecule has 2 unspecified atom stereocenters. The molecule has 33 heavy (non-hydrogen) atoms. The van der Waals surface area contributed by atoms with Gasteiger partial charge in [0.25, 0.3) is 5.91 Å². The molecule has 2 heterocycles. The average molecular weight is 469 g/mol. The van der Waals surface area contributed by atoms with Crippen LogP contribution in [0.3, 0.4) is 0 Å². The predicted octanol–water partition coefficient (Wildman–Crippen LogP) is 4.29. The molecular formula is C26H32N2O4S. The van der Waals surface area contributed by atoms with E-state index >= 15 is 0 Å². The highest BCUT2D eigenvalue weighted by molar-refractivity contribution is 7.89. The summed E-state index contributed by atoms with van der Waals surface area (Å²) in [5, 5.41) is 0. The van der Waals surface area contributed by atoms with Crippen molar-refractivity contribution in [3.8, 4) is 5.75 Å². The molecule has 2 aliphatic heterocycles. The van der Waals surface area contributed by atoms with Crippen LogP contribution in [0.1, 0.15) is 42.6 Å². The van der Waals surface area contributed by atoms with Crippen molar-refractivity contribution in [1.82, 2.24) is 9.21 Å². The number of methoxy groups -OCH3 is 1. The summed E-state index contributed by atoms with van der Waals surface area (Å²) < 4.78 is 34.0. The third-order valence-corrected chi connectivity index (χ3v) is 8.36. The number of carbonyl (C=O) groups excluding carboxylic acids is 1. The molecule has 0 spiro atoms. The molecule has 0 saturated carbocycles. The quantitative estimate of drug-likeness (QED) is 0.657. The smallest absolute Gasteiger partial charge is 0.254 e. The fourth-order valence-corrected chi connectivity index (χ4v) is 6.76. The number of sulfonamides is 1. The molecule has 0 aromatic heterocycles. The molecule has 0 radical (unpaired) electrons. The Morgan fingerprint density at radius 3 is 2.33 bits per heavy atom. The van der Waals surface area contributed by atoms with Gasteiger partial charge in [-0.3, -0.25) is 4.79 Å². The second-order valence-corrected chi connectivity index (χ2v) is 11.1. The van der Waals surface area contributed by atoms with Crippen molar-refractivity contribution in [1.29, 1.82) is 0 Å². The first-order chi connectivity index (χ1) is 15.8. The molecule has 2 aliphatic rings. The van der Waals surface area contributed by atoms with Crippen LogP contribution in [-0.4, -0.2) is 56.8 Å². The van der Waals surface area contributed by atoms with Crippen LogP contribution in [0, 0.1) is 11.8 Å². The fraction of sp³-hybridized carbons (Fsp3) is 0.423. The summed E-state index contributed by atoms with van der Waals surface area (Å²) in [4.78, 5) is 15.1. The maximum absolute atomic E-state index is 13.5. The Hall–Kier alpha value is -2.64. The summed E-state index contributed by atoms with van der Waals surface area (Å²) in [6.45, 7) is 6.19. The first-order valence-corrected chi connectivity index (χ1v) is 13.0. The number of rotatable bonds is 5. The number of amides is 1. The number of hydrogen-bond acceptors (Lipinski definition) is 4. The first kappa shape index (κ1) is 23.5. The van der Waals surface area contributed by atoms with E-state index in [-0.39, 0.29) is 16.6 Å². The van der Waals surface area contributed by atoms with Crippen molar-refractivity contribution in [2.24, 2.45) is 11.8 Å². The monoisotopic (exact) mass is 468 g/mol. The summed E-state index contributed by atoms with van der Waals surface area (Å²) in [7, 11) is -2.32. The lowest BCUT2D eigenvalue weighted by molar-refractivity contribution is 0.0772. The highest BCUT2D eigenvalue weighted by Crippen LogP contribution is 2.32. The van der Waals surface area contributed by atoms with Crippen LogP contribution < -0.4 is 4.74 Å². The van der Waals surface area contributed by atoms with E-state index in [2.05, 4.69) is 32.1 Å². The molecule has 7 heteroatoms. The summed E-state index contributed by atoms with van der Waals surface area (Å²) in [5.41, 5.74) is 2.77. The Morgan fingerprint density at radius 1 is 1.03 bits per heavy atom. The highest BCUT2D eigenvalue weighted by Gasteiger charge is 2.34. The summed E-state index contributed by atoms with van der Waals surface area (Å²) in [5.74, 6) is 0.678. The lowest BCUT2D eigenvalue weighted by atomic mass is 9.94. The molecule has 0 N–H and O–H groups in total. The van der Waals surface area contributed by atoms with Crippen molar-refractivity contribution in [3.05, 3.63) is 65.7 Å². The number of carbonyl (C=O) groups is 1. The molecule has 2 atom stereocenters. The largest absolute Gasteiger partial charge is 0.495 e. The van der Waals surface area contributed by atoms with Gasteiger partial charge in [-0.2, -0.15) is 4.31 Å². The zero-order valence-corrected chi connectivity index (χ0v) is 20.3. The van der Waals surface area contributed by atoms with E-state index in [4.69, 9.17) is 4.74 Å². The van der Waals surface area contributed by atoms with Crippen molar-refractivity contribution in [2.75, 3.05) is 33.3 Å². The fourth-order valence-electron chi connectivity index (χ4n) is 4.90. The number of benzene rings is 2. The van der Waals surface area contributed by atoms with Crippen LogP contribution in [0.5, 0.6) is 5.75 Å². The Kier molecular flexibility index (Phi) is 6.91. The van der Waals surface area contributed by atoms with E-state index in [0.717, 1.165) is 12.8 Å². The SMILES string of the molecule is COc1ccc(C(=O)N2CC=C(c3ccccc3)CC2)cc1S(=O)(=O)N1CC(C)CC(C)C1. The summed E-state index contributed by atoms with van der Waals surface area (Å²) in [6.07, 6.45) is 3.85. The molecule has 1 saturated heterocycles. The topological polar surface area (TPSA) is 66.9 Å². The molecule has 0 aliphatic carbocycles. The molecular weight excluding hydrogens is 436 g/mol. The van der Waals surface area contributed by atoms with Gasteiger partial charge in [-0.1, -0.05) is 50.3 Å². The third-order valence-electron chi connectivity index (χ3n) is 6.50. The molecule has 2 aromatic carbocycles. The van der Waals surface area contributed by atoms with Crippen LogP contribution in [0.25, 0.3) is 5.57 Å². The molecule has 6 nitrogen and oxygen atoms in total. The highest BCUT2D eigenvalue weighted by atomic mass is 32.2. The zero-order valence-electron chi connectivity index (χ0n) is 19.5. The van der Waals surface area contributed by atoms with Crippen LogP contribution in [-0.2, 0) is 10.0 Å². The molecule has 4 rings (SSSR count). The van der Waals surface area contributed by atoms with Gasteiger partial charge in [0.05, 0.1) is 7.11 Å². The Labute approximate surface area is 196 Å². The van der Waals surface area contributed by atoms with Crippen LogP contribution in [0.2, 0.25) is 0 Å². The van der Waals surface area contributed by atoms with Gasteiger partial charge in [-0.05, 0) is 54.0 Å². The maximum atomic E-state index is 13.5. The number of piperidine rings is 1. The second-order valence-electron chi connectivity index (χ2n) is 9.23. The number of ether oxygens (including phenoxy) is 1. The number of hydrogen-bond donors (Lipinski definition) is 0. The van der Waals surface area contributed by atoms with Gasteiger partial charge >= 0.3 is 0 Å². The Bertz CT molecular complexity index is 1130. The average Bonchev–Trinajstić information content (AvgIpc) is 2.83. The maximum Gasteiger partial charge on any atom is 0.254 e. The van der Waals surface area contributed by atoms with Gasteiger partial charge in [0.1, 0.15) is 10.6 Å². The molecule has 176 valence electrons. The van der Waals surface area contributed by atoms with Crippen molar-refractivity contribution in [3.63, 3.8) is 0 Å². The van der Waals surface area contributed by atoms with E-state index in [1.165, 1.54) is 28.6 Å². The van der Waals surface area contributed by atoms with E-state index in [1.54, 1.807) is 17.0 Å². The minimum Gasteiger partial charge on any atom is -0.495 e. The van der Waals surface area contributed by atoms with E-state index in [1.807, 2.05) is 18.2 Å².